The summed E-state index contributed by atoms with van der Waals surface area (Å²) in [6.45, 7) is 3.95. The lowest BCUT2D eigenvalue weighted by Crippen LogP contribution is -2.49. The van der Waals surface area contributed by atoms with Gasteiger partial charge in [0, 0.05) is 49.8 Å². The first-order valence-corrected chi connectivity index (χ1v) is 9.94. The molecule has 1 N–H and O–H groups in total. The molecule has 1 aliphatic heterocycles. The fourth-order valence-electron chi connectivity index (χ4n) is 3.41. The van der Waals surface area contributed by atoms with Gasteiger partial charge < -0.3 is 19.9 Å². The second-order valence-electron chi connectivity index (χ2n) is 7.18. The van der Waals surface area contributed by atoms with E-state index in [0.29, 0.717) is 37.9 Å². The number of piperazine rings is 1. The molecule has 0 saturated carbocycles. The third kappa shape index (κ3) is 4.71. The number of nitrogens with zero attached hydrogens (tertiary/aromatic N) is 5. The van der Waals surface area contributed by atoms with Gasteiger partial charge in [0.1, 0.15) is 11.6 Å². The van der Waals surface area contributed by atoms with Crippen LogP contribution in [0.3, 0.4) is 0 Å². The zero-order valence-corrected chi connectivity index (χ0v) is 17.4. The van der Waals surface area contributed by atoms with Gasteiger partial charge in [0.05, 0.1) is 18.9 Å². The molecule has 31 heavy (non-hydrogen) atoms. The van der Waals surface area contributed by atoms with E-state index < -0.39 is 5.82 Å². The molecule has 3 aromatic rings. The SMILES string of the molecule is COc1ccc(Nc2cc(C)nc(N3CCN(C(=O)c4ccncc4F)CC3)n2)cc1. The highest BCUT2D eigenvalue weighted by molar-refractivity contribution is 5.94. The van der Waals surface area contributed by atoms with Gasteiger partial charge in [-0.15, -0.1) is 0 Å². The van der Waals surface area contributed by atoms with E-state index in [1.54, 1.807) is 12.0 Å². The number of pyridine rings is 1. The molecule has 8 nitrogen and oxygen atoms in total. The number of hydrogen-bond donors (Lipinski definition) is 1. The zero-order chi connectivity index (χ0) is 21.8. The third-order valence-electron chi connectivity index (χ3n) is 5.06. The molecule has 160 valence electrons. The van der Waals surface area contributed by atoms with Crippen LogP contribution in [0.4, 0.5) is 21.8 Å². The standard InChI is InChI=1S/C22H23FN6O2/c1-15-13-20(26-16-3-5-17(31-2)6-4-16)27-22(25-15)29-11-9-28(10-12-29)21(30)18-7-8-24-14-19(18)23/h3-8,13-14H,9-12H2,1-2H3,(H,25,26,27). The van der Waals surface area contributed by atoms with Gasteiger partial charge in [-0.1, -0.05) is 0 Å². The van der Waals surface area contributed by atoms with Gasteiger partial charge in [0.15, 0.2) is 5.82 Å². The normalized spacial score (nSPS) is 13.8. The van der Waals surface area contributed by atoms with Crippen molar-refractivity contribution in [3.05, 3.63) is 65.9 Å². The Hall–Kier alpha value is -3.75. The van der Waals surface area contributed by atoms with E-state index in [1.165, 1.54) is 12.3 Å². The predicted molar refractivity (Wildman–Crippen MR) is 115 cm³/mol. The maximum atomic E-state index is 13.9. The van der Waals surface area contributed by atoms with Crippen LogP contribution in [0, 0.1) is 12.7 Å². The quantitative estimate of drug-likeness (QED) is 0.677. The second-order valence-corrected chi connectivity index (χ2v) is 7.18. The van der Waals surface area contributed by atoms with Crippen LogP contribution in [0.1, 0.15) is 16.1 Å². The minimum absolute atomic E-state index is 0.0428. The Morgan fingerprint density at radius 3 is 2.52 bits per heavy atom. The van der Waals surface area contributed by atoms with Gasteiger partial charge in [-0.3, -0.25) is 9.78 Å². The molecule has 3 heterocycles. The van der Waals surface area contributed by atoms with Crippen LogP contribution in [0.25, 0.3) is 0 Å². The highest BCUT2D eigenvalue weighted by atomic mass is 19.1. The Labute approximate surface area is 179 Å². The number of amides is 1. The summed E-state index contributed by atoms with van der Waals surface area (Å²) in [5.41, 5.74) is 1.76. The first-order valence-electron chi connectivity index (χ1n) is 9.94. The van der Waals surface area contributed by atoms with Crippen LogP contribution >= 0.6 is 0 Å². The maximum absolute atomic E-state index is 13.9. The molecule has 0 atom stereocenters. The van der Waals surface area contributed by atoms with Crippen LogP contribution in [0.5, 0.6) is 5.75 Å². The van der Waals surface area contributed by atoms with Crippen molar-refractivity contribution >= 4 is 23.4 Å². The Bertz CT molecular complexity index is 1070. The maximum Gasteiger partial charge on any atom is 0.257 e. The van der Waals surface area contributed by atoms with Crippen molar-refractivity contribution in [1.82, 2.24) is 19.9 Å². The van der Waals surface area contributed by atoms with Crippen molar-refractivity contribution in [2.45, 2.75) is 6.92 Å². The molecule has 4 rings (SSSR count). The molecular weight excluding hydrogens is 399 g/mol. The number of anilines is 3. The summed E-state index contributed by atoms with van der Waals surface area (Å²) in [6.07, 6.45) is 2.48. The summed E-state index contributed by atoms with van der Waals surface area (Å²) in [7, 11) is 1.63. The highest BCUT2D eigenvalue weighted by Gasteiger charge is 2.25. The van der Waals surface area contributed by atoms with Crippen molar-refractivity contribution < 1.29 is 13.9 Å². The fourth-order valence-corrected chi connectivity index (χ4v) is 3.41. The number of benzene rings is 1. The molecule has 0 aliphatic carbocycles. The van der Waals surface area contributed by atoms with Gasteiger partial charge in [-0.25, -0.2) is 9.37 Å². The number of hydrogen-bond acceptors (Lipinski definition) is 7. The molecular formula is C22H23FN6O2. The Morgan fingerprint density at radius 1 is 1.10 bits per heavy atom. The lowest BCUT2D eigenvalue weighted by molar-refractivity contribution is 0.0741. The van der Waals surface area contributed by atoms with Gasteiger partial charge in [-0.2, -0.15) is 4.98 Å². The van der Waals surface area contributed by atoms with Gasteiger partial charge in [0.2, 0.25) is 5.95 Å². The van der Waals surface area contributed by atoms with Crippen molar-refractivity contribution in [2.75, 3.05) is 43.5 Å². The summed E-state index contributed by atoms with van der Waals surface area (Å²) in [5, 5.41) is 3.28. The molecule has 2 aromatic heterocycles. The first kappa shape index (κ1) is 20.5. The highest BCUT2D eigenvalue weighted by Crippen LogP contribution is 2.22. The average Bonchev–Trinajstić information content (AvgIpc) is 2.79. The minimum Gasteiger partial charge on any atom is -0.497 e. The zero-order valence-electron chi connectivity index (χ0n) is 17.4. The Balaban J connectivity index is 1.43. The largest absolute Gasteiger partial charge is 0.497 e. The van der Waals surface area contributed by atoms with Gasteiger partial charge >= 0.3 is 0 Å². The van der Waals surface area contributed by atoms with E-state index in [9.17, 15) is 9.18 Å². The average molecular weight is 422 g/mol. The number of aromatic nitrogens is 3. The number of carbonyl (C=O) groups excluding carboxylic acids is 1. The first-order chi connectivity index (χ1) is 15.0. The van der Waals surface area contributed by atoms with E-state index in [1.807, 2.05) is 42.2 Å². The minimum atomic E-state index is -0.605. The van der Waals surface area contributed by atoms with E-state index in [2.05, 4.69) is 20.3 Å². The van der Waals surface area contributed by atoms with Crippen LogP contribution in [-0.2, 0) is 0 Å². The molecule has 0 spiro atoms. The van der Waals surface area contributed by atoms with Crippen molar-refractivity contribution in [3.8, 4) is 5.75 Å². The van der Waals surface area contributed by atoms with E-state index in [4.69, 9.17) is 4.74 Å². The smallest absolute Gasteiger partial charge is 0.257 e. The second kappa shape index (κ2) is 8.95. The van der Waals surface area contributed by atoms with E-state index >= 15 is 0 Å². The fraction of sp³-hybridized carbons (Fsp3) is 0.273. The van der Waals surface area contributed by atoms with Gasteiger partial charge in [-0.05, 0) is 37.3 Å². The van der Waals surface area contributed by atoms with E-state index in [0.717, 1.165) is 23.3 Å². The number of carbonyl (C=O) groups is 1. The summed E-state index contributed by atoms with van der Waals surface area (Å²) < 4.78 is 19.1. The molecule has 1 fully saturated rings. The topological polar surface area (TPSA) is 83.5 Å². The number of aryl methyl sites for hydroxylation is 1. The Morgan fingerprint density at radius 2 is 1.84 bits per heavy atom. The molecule has 1 amide bonds. The molecule has 0 radical (unpaired) electrons. The molecule has 1 aliphatic rings. The number of nitrogens with one attached hydrogen (secondary N) is 1. The summed E-state index contributed by atoms with van der Waals surface area (Å²) in [5.74, 6) is 1.13. The molecule has 9 heteroatoms. The number of ether oxygens (including phenoxy) is 1. The summed E-state index contributed by atoms with van der Waals surface area (Å²) in [4.78, 5) is 29.2. The van der Waals surface area contributed by atoms with Crippen LogP contribution < -0.4 is 15.0 Å². The summed E-state index contributed by atoms with van der Waals surface area (Å²) in [6, 6.07) is 10.9. The van der Waals surface area contributed by atoms with Crippen LogP contribution in [-0.4, -0.2) is 59.0 Å². The number of methoxy groups -OCH3 is 1. The third-order valence-corrected chi connectivity index (χ3v) is 5.06. The van der Waals surface area contributed by atoms with Gasteiger partial charge in [0.25, 0.3) is 5.91 Å². The lowest BCUT2D eigenvalue weighted by Gasteiger charge is -2.35. The van der Waals surface area contributed by atoms with Crippen LogP contribution in [0.2, 0.25) is 0 Å². The van der Waals surface area contributed by atoms with E-state index in [-0.39, 0.29) is 11.5 Å². The molecule has 1 saturated heterocycles. The number of halogens is 1. The number of rotatable bonds is 5. The predicted octanol–water partition coefficient (Wildman–Crippen LogP) is 3.03. The molecule has 1 aromatic carbocycles. The lowest BCUT2D eigenvalue weighted by atomic mass is 10.2. The van der Waals surface area contributed by atoms with Crippen molar-refractivity contribution in [1.29, 1.82) is 0 Å². The Kier molecular flexibility index (Phi) is 5.92. The monoisotopic (exact) mass is 422 g/mol. The van der Waals surface area contributed by atoms with Crippen LogP contribution in [0.15, 0.2) is 48.8 Å². The summed E-state index contributed by atoms with van der Waals surface area (Å²) >= 11 is 0. The molecule has 0 unspecified atom stereocenters. The molecule has 0 bridgehead atoms. The van der Waals surface area contributed by atoms with Crippen molar-refractivity contribution in [3.63, 3.8) is 0 Å². The van der Waals surface area contributed by atoms with Crippen molar-refractivity contribution in [2.24, 2.45) is 0 Å².